The third kappa shape index (κ3) is 21.9. The Morgan fingerprint density at radius 3 is 1.54 bits per heavy atom. The summed E-state index contributed by atoms with van der Waals surface area (Å²) in [5.41, 5.74) is 3.61. The summed E-state index contributed by atoms with van der Waals surface area (Å²) in [4.78, 5) is 68.9. The highest BCUT2D eigenvalue weighted by Crippen LogP contribution is 2.30. The molecular formula is C39H73ClN6O8. The first-order valence-corrected chi connectivity index (χ1v) is 20.1. The zero-order valence-corrected chi connectivity index (χ0v) is 33.2. The third-order valence-electron chi connectivity index (χ3n) is 9.75. The lowest BCUT2D eigenvalue weighted by Gasteiger charge is -2.27. The first-order chi connectivity index (χ1) is 25.1. The number of halogens is 1. The maximum atomic E-state index is 12.3. The number of hydrogen-bond donors (Lipinski definition) is 6. The van der Waals surface area contributed by atoms with Crippen LogP contribution in [0.1, 0.15) is 156 Å². The Morgan fingerprint density at radius 1 is 0.667 bits per heavy atom. The van der Waals surface area contributed by atoms with Crippen LogP contribution in [-0.2, 0) is 38.2 Å². The predicted molar refractivity (Wildman–Crippen MR) is 204 cm³/mol. The Morgan fingerprint density at radius 2 is 1.11 bits per heavy atom. The van der Waals surface area contributed by atoms with Gasteiger partial charge in [-0.1, -0.05) is 98.3 Å². The van der Waals surface area contributed by atoms with E-state index in [0.29, 0.717) is 45.6 Å². The summed E-state index contributed by atoms with van der Waals surface area (Å²) < 4.78 is 11.5. The fourth-order valence-corrected chi connectivity index (χ4v) is 6.57. The van der Waals surface area contributed by atoms with Crippen molar-refractivity contribution in [1.29, 1.82) is 0 Å². The molecule has 4 aliphatic heterocycles. The summed E-state index contributed by atoms with van der Waals surface area (Å²) in [6.45, 7) is 7.52. The van der Waals surface area contributed by atoms with Crippen molar-refractivity contribution in [2.45, 2.75) is 180 Å². The molecule has 54 heavy (non-hydrogen) atoms. The monoisotopic (exact) mass is 789 g/mol. The Balaban J connectivity index is 0.000000858. The van der Waals surface area contributed by atoms with Gasteiger partial charge in [0.1, 0.15) is 17.9 Å². The minimum Gasteiger partial charge on any atom is -1.00 e. The fourth-order valence-electron chi connectivity index (χ4n) is 6.57. The van der Waals surface area contributed by atoms with Gasteiger partial charge in [-0.25, -0.2) is 0 Å². The van der Waals surface area contributed by atoms with Gasteiger partial charge in [-0.3, -0.25) is 28.8 Å². The van der Waals surface area contributed by atoms with Crippen LogP contribution in [0.15, 0.2) is 0 Å². The van der Waals surface area contributed by atoms with E-state index in [4.69, 9.17) is 9.47 Å². The van der Waals surface area contributed by atoms with Gasteiger partial charge in [-0.2, -0.15) is 0 Å². The lowest BCUT2D eigenvalue weighted by Crippen LogP contribution is -3.00. The van der Waals surface area contributed by atoms with Crippen LogP contribution in [-0.4, -0.2) is 92.1 Å². The van der Waals surface area contributed by atoms with Crippen molar-refractivity contribution in [3.63, 3.8) is 0 Å². The van der Waals surface area contributed by atoms with Crippen LogP contribution in [0.25, 0.3) is 0 Å². The van der Waals surface area contributed by atoms with Crippen LogP contribution in [0, 0.1) is 0 Å². The number of carbonyl (C=O) groups excluding carboxylic acids is 6. The second-order valence-electron chi connectivity index (χ2n) is 14.4. The second-order valence-corrected chi connectivity index (χ2v) is 14.4. The standard InChI is InChI=1S/C18H32N2O4.C16H28N2O3.C4H8N2O.CH4.ClH/c1-2-3-4-5-6-7-8-10-18(23-12-13-24-18)14-16(21)20-15-9-11-19-17(15)22;1-2-3-4-5-6-7-8-9-13(19)12-15(20)18-14-10-11-17-16(14)21;5-3-1-2-6-4(3)7;;/h15H,2-14H2,1H3,(H,19,22)(H,20,21);14H,2-12H2,1H3,(H,17,21)(H,18,20);3H,1-2,5H2,(H,6,7);1H4;1H/t;;3-;;/m..0../s1. The van der Waals surface area contributed by atoms with Crippen molar-refractivity contribution in [2.75, 3.05) is 32.8 Å². The molecule has 0 aromatic heterocycles. The highest BCUT2D eigenvalue weighted by molar-refractivity contribution is 6.00. The number of ketones is 1. The van der Waals surface area contributed by atoms with Gasteiger partial charge in [0.15, 0.2) is 11.8 Å². The number of quaternary nitrogens is 1. The molecular weight excluding hydrogens is 716 g/mol. The first kappa shape index (κ1) is 51.2. The van der Waals surface area contributed by atoms with Crippen molar-refractivity contribution in [1.82, 2.24) is 26.6 Å². The van der Waals surface area contributed by atoms with E-state index in [2.05, 4.69) is 46.2 Å². The van der Waals surface area contributed by atoms with E-state index >= 15 is 0 Å². The van der Waals surface area contributed by atoms with Crippen molar-refractivity contribution < 1.29 is 56.4 Å². The van der Waals surface area contributed by atoms with Crippen LogP contribution in [0.2, 0.25) is 0 Å². The van der Waals surface area contributed by atoms with Gasteiger partial charge in [0.25, 0.3) is 5.91 Å². The average Bonchev–Trinajstić information content (AvgIpc) is 3.92. The molecule has 14 nitrogen and oxygen atoms in total. The highest BCUT2D eigenvalue weighted by Gasteiger charge is 2.39. The average molecular weight is 790 g/mol. The number of unbranched alkanes of at least 4 members (excludes halogenated alkanes) is 12. The molecule has 0 bridgehead atoms. The molecule has 0 radical (unpaired) electrons. The molecule has 5 amide bonds. The molecule has 2 unspecified atom stereocenters. The van der Waals surface area contributed by atoms with Gasteiger partial charge in [-0.05, 0) is 25.7 Å². The van der Waals surface area contributed by atoms with Gasteiger partial charge in [0.2, 0.25) is 23.6 Å². The summed E-state index contributed by atoms with van der Waals surface area (Å²) >= 11 is 0. The van der Waals surface area contributed by atoms with Crippen LogP contribution in [0.5, 0.6) is 0 Å². The maximum absolute atomic E-state index is 12.3. The maximum Gasteiger partial charge on any atom is 0.278 e. The van der Waals surface area contributed by atoms with Crippen molar-refractivity contribution in [3.8, 4) is 0 Å². The molecule has 4 aliphatic rings. The number of nitrogens with one attached hydrogen (secondary N) is 5. The van der Waals surface area contributed by atoms with Gasteiger partial charge >= 0.3 is 0 Å². The molecule has 3 atom stereocenters. The molecule has 314 valence electrons. The minimum absolute atomic E-state index is 0. The molecule has 4 fully saturated rings. The van der Waals surface area contributed by atoms with E-state index in [1.165, 1.54) is 64.2 Å². The lowest BCUT2D eigenvalue weighted by atomic mass is 10.0. The zero-order valence-electron chi connectivity index (χ0n) is 32.5. The smallest absolute Gasteiger partial charge is 0.278 e. The molecule has 0 aromatic rings. The van der Waals surface area contributed by atoms with Crippen LogP contribution in [0.4, 0.5) is 0 Å². The summed E-state index contributed by atoms with van der Waals surface area (Å²) in [6, 6.07) is -0.849. The van der Waals surface area contributed by atoms with E-state index in [1.54, 1.807) is 0 Å². The third-order valence-corrected chi connectivity index (χ3v) is 9.75. The Bertz CT molecular complexity index is 1110. The van der Waals surface area contributed by atoms with E-state index in [9.17, 15) is 28.8 Å². The van der Waals surface area contributed by atoms with Crippen LogP contribution >= 0.6 is 0 Å². The van der Waals surface area contributed by atoms with Crippen molar-refractivity contribution >= 4 is 35.3 Å². The van der Waals surface area contributed by atoms with Gasteiger partial charge in [0.05, 0.1) is 26.1 Å². The topological polar surface area (TPSA) is 209 Å². The predicted octanol–water partition coefficient (Wildman–Crippen LogP) is 0.113. The van der Waals surface area contributed by atoms with Crippen LogP contribution < -0.4 is 44.7 Å². The van der Waals surface area contributed by atoms with Gasteiger partial charge < -0.3 is 54.2 Å². The number of carbonyl (C=O) groups is 6. The molecule has 4 heterocycles. The molecule has 0 aliphatic carbocycles. The number of hydrogen-bond acceptors (Lipinski definition) is 8. The molecule has 8 N–H and O–H groups in total. The van der Waals surface area contributed by atoms with Gasteiger partial charge in [-0.15, -0.1) is 0 Å². The molecule has 4 rings (SSSR count). The normalized spacial score (nSPS) is 20.8. The number of rotatable bonds is 22. The minimum atomic E-state index is -0.789. The van der Waals surface area contributed by atoms with Crippen LogP contribution in [0.3, 0.4) is 0 Å². The number of Topliss-reactive ketones (excluding diaryl/α,β-unsaturated/α-hetero) is 1. The van der Waals surface area contributed by atoms with Gasteiger partial charge in [0, 0.05) is 38.9 Å². The highest BCUT2D eigenvalue weighted by atomic mass is 35.5. The summed E-state index contributed by atoms with van der Waals surface area (Å²) in [5.74, 6) is -1.46. The largest absolute Gasteiger partial charge is 1.00 e. The molecule has 0 spiro atoms. The van der Waals surface area contributed by atoms with Crippen molar-refractivity contribution in [3.05, 3.63) is 0 Å². The molecule has 0 aromatic carbocycles. The fraction of sp³-hybridized carbons (Fsp3) is 0.846. The lowest BCUT2D eigenvalue weighted by molar-refractivity contribution is -0.400. The zero-order chi connectivity index (χ0) is 38.0. The SMILES string of the molecule is C.CCCCCCCCCC(=O)CC(=O)NC1CCNC1=O.CCCCCCCCCC1(CC(=O)NC2CCNC2=O)OCCO1.[Cl-].[NH3+][C@H]1CCNC1=O. The molecule has 4 saturated heterocycles. The van der Waals surface area contributed by atoms with E-state index in [0.717, 1.165) is 45.1 Å². The molecule has 0 saturated carbocycles. The second kappa shape index (κ2) is 30.4. The number of amides is 5. The van der Waals surface area contributed by atoms with Crippen molar-refractivity contribution in [2.24, 2.45) is 0 Å². The summed E-state index contributed by atoms with van der Waals surface area (Å²) in [7, 11) is 0. The summed E-state index contributed by atoms with van der Waals surface area (Å²) in [5, 5.41) is 13.5. The Kier molecular flexibility index (Phi) is 28.8. The number of ether oxygens (including phenoxy) is 2. The Hall–Kier alpha value is -2.81. The Labute approximate surface area is 330 Å². The van der Waals surface area contributed by atoms with E-state index in [1.807, 2.05) is 0 Å². The van der Waals surface area contributed by atoms with E-state index in [-0.39, 0.29) is 74.0 Å². The van der Waals surface area contributed by atoms with E-state index < -0.39 is 17.9 Å². The quantitative estimate of drug-likeness (QED) is 0.0654. The summed E-state index contributed by atoms with van der Waals surface area (Å²) in [6.07, 6.45) is 20.1. The first-order valence-electron chi connectivity index (χ1n) is 20.1. The molecule has 15 heteroatoms.